The van der Waals surface area contributed by atoms with E-state index in [4.69, 9.17) is 0 Å². The Morgan fingerprint density at radius 2 is 1.54 bits per heavy atom. The number of nitro benzene ring substituents is 1. The predicted octanol–water partition coefficient (Wildman–Crippen LogP) is 0.972. The first-order valence-electron chi connectivity index (χ1n) is 8.41. The van der Waals surface area contributed by atoms with Crippen molar-refractivity contribution < 1.29 is 13.3 Å². The van der Waals surface area contributed by atoms with Crippen molar-refractivity contribution in [3.63, 3.8) is 0 Å². The van der Waals surface area contributed by atoms with Gasteiger partial charge in [0.2, 0.25) is 0 Å². The monoisotopic (exact) mass is 447 g/mol. The fourth-order valence-corrected chi connectivity index (χ4v) is 5.40. The van der Waals surface area contributed by atoms with Crippen molar-refractivity contribution in [1.29, 1.82) is 0 Å². The molecule has 0 atom stereocenters. The van der Waals surface area contributed by atoms with Gasteiger partial charge in [0.1, 0.15) is 0 Å². The van der Waals surface area contributed by atoms with Gasteiger partial charge >= 0.3 is 0 Å². The molecular formula is C15H22BrN5O4S. The van der Waals surface area contributed by atoms with Crippen LogP contribution in [0.25, 0.3) is 0 Å². The molecule has 2 aliphatic heterocycles. The second kappa shape index (κ2) is 7.77. The summed E-state index contributed by atoms with van der Waals surface area (Å²) in [5.41, 5.74) is 0.865. The second-order valence-corrected chi connectivity index (χ2v) is 9.27. The van der Waals surface area contributed by atoms with Crippen molar-refractivity contribution in [2.24, 2.45) is 0 Å². The highest BCUT2D eigenvalue weighted by atomic mass is 79.9. The molecule has 1 aromatic carbocycles. The first kappa shape index (κ1) is 19.5. The van der Waals surface area contributed by atoms with E-state index in [0.717, 1.165) is 18.8 Å². The molecule has 0 bridgehead atoms. The van der Waals surface area contributed by atoms with Gasteiger partial charge in [0, 0.05) is 69.0 Å². The van der Waals surface area contributed by atoms with Gasteiger partial charge in [-0.25, -0.2) is 0 Å². The molecule has 2 heterocycles. The van der Waals surface area contributed by atoms with Crippen LogP contribution in [0.15, 0.2) is 22.7 Å². The molecule has 2 fully saturated rings. The van der Waals surface area contributed by atoms with Crippen molar-refractivity contribution in [3.05, 3.63) is 32.8 Å². The first-order chi connectivity index (χ1) is 12.3. The molecule has 0 spiro atoms. The van der Waals surface area contributed by atoms with Gasteiger partial charge in [-0.3, -0.25) is 10.1 Å². The van der Waals surface area contributed by atoms with Crippen molar-refractivity contribution in [2.75, 3.05) is 64.3 Å². The molecule has 0 N–H and O–H groups in total. The zero-order valence-corrected chi connectivity index (χ0v) is 16.9. The number of nitro groups is 1. The molecule has 2 saturated heterocycles. The summed E-state index contributed by atoms with van der Waals surface area (Å²) in [6.07, 6.45) is 0. The van der Waals surface area contributed by atoms with Crippen LogP contribution in [0.1, 0.15) is 0 Å². The lowest BCUT2D eigenvalue weighted by molar-refractivity contribution is -0.384. The number of piperazine rings is 2. The lowest BCUT2D eigenvalue weighted by Gasteiger charge is -2.39. The fourth-order valence-electron chi connectivity index (χ4n) is 3.21. The second-order valence-electron chi connectivity index (χ2n) is 6.49. The van der Waals surface area contributed by atoms with Crippen molar-refractivity contribution in [3.8, 4) is 0 Å². The zero-order valence-electron chi connectivity index (χ0n) is 14.5. The van der Waals surface area contributed by atoms with Gasteiger partial charge in [0.05, 0.1) is 10.6 Å². The van der Waals surface area contributed by atoms with E-state index in [0.29, 0.717) is 43.7 Å². The maximum Gasteiger partial charge on any atom is 0.282 e. The Labute approximate surface area is 161 Å². The molecule has 0 aliphatic carbocycles. The number of hydrogen-bond acceptors (Lipinski definition) is 6. The molecular weight excluding hydrogens is 426 g/mol. The normalized spacial score (nSPS) is 21.1. The molecule has 3 rings (SSSR count). The summed E-state index contributed by atoms with van der Waals surface area (Å²) in [5.74, 6) is 0. The molecule has 9 nitrogen and oxygen atoms in total. The van der Waals surface area contributed by atoms with E-state index < -0.39 is 15.1 Å². The summed E-state index contributed by atoms with van der Waals surface area (Å²) in [4.78, 5) is 14.6. The number of likely N-dealkylation sites (N-methyl/N-ethyl adjacent to an activating group) is 1. The Morgan fingerprint density at radius 3 is 2.04 bits per heavy atom. The standard InChI is InChI=1S/C15H22BrN5O4S/c1-17-4-8-19(9-5-17)26(24,25)20-10-6-18(7-11-20)15-3-2-13(21(22)23)12-14(15)16/h2-3,12H,4-11H2,1H3. The summed E-state index contributed by atoms with van der Waals surface area (Å²) in [6, 6.07) is 4.64. The average Bonchev–Trinajstić information content (AvgIpc) is 2.62. The highest BCUT2D eigenvalue weighted by molar-refractivity contribution is 9.10. The van der Waals surface area contributed by atoms with Crippen LogP contribution in [-0.2, 0) is 10.2 Å². The van der Waals surface area contributed by atoms with E-state index in [9.17, 15) is 18.5 Å². The third kappa shape index (κ3) is 4.01. The lowest BCUT2D eigenvalue weighted by Crippen LogP contribution is -2.56. The minimum Gasteiger partial charge on any atom is -0.368 e. The van der Waals surface area contributed by atoms with Crippen LogP contribution in [0.2, 0.25) is 0 Å². The Kier molecular flexibility index (Phi) is 5.82. The maximum atomic E-state index is 12.8. The van der Waals surface area contributed by atoms with E-state index in [-0.39, 0.29) is 5.69 Å². The van der Waals surface area contributed by atoms with E-state index in [1.807, 2.05) is 11.9 Å². The van der Waals surface area contributed by atoms with Crippen LogP contribution in [0.4, 0.5) is 11.4 Å². The van der Waals surface area contributed by atoms with Crippen LogP contribution in [0.3, 0.4) is 0 Å². The van der Waals surface area contributed by atoms with Gasteiger partial charge in [-0.2, -0.15) is 17.0 Å². The van der Waals surface area contributed by atoms with Gasteiger partial charge < -0.3 is 9.80 Å². The van der Waals surface area contributed by atoms with Gasteiger partial charge in [-0.1, -0.05) is 0 Å². The van der Waals surface area contributed by atoms with Crippen LogP contribution < -0.4 is 4.90 Å². The van der Waals surface area contributed by atoms with Crippen molar-refractivity contribution in [1.82, 2.24) is 13.5 Å². The minimum absolute atomic E-state index is 0.0249. The van der Waals surface area contributed by atoms with Gasteiger partial charge in [-0.15, -0.1) is 0 Å². The number of benzene rings is 1. The quantitative estimate of drug-likeness (QED) is 0.504. The largest absolute Gasteiger partial charge is 0.368 e. The summed E-state index contributed by atoms with van der Waals surface area (Å²) in [6.45, 7) is 4.42. The van der Waals surface area contributed by atoms with E-state index in [2.05, 4.69) is 20.8 Å². The number of halogens is 1. The average molecular weight is 448 g/mol. The van der Waals surface area contributed by atoms with Gasteiger partial charge in [0.25, 0.3) is 15.9 Å². The summed E-state index contributed by atoms with van der Waals surface area (Å²) < 4.78 is 29.4. The molecule has 1 aromatic rings. The maximum absolute atomic E-state index is 12.8. The minimum atomic E-state index is -3.43. The first-order valence-corrected chi connectivity index (χ1v) is 10.6. The summed E-state index contributed by atoms with van der Waals surface area (Å²) in [5, 5.41) is 10.9. The van der Waals surface area contributed by atoms with E-state index in [1.165, 1.54) is 16.4 Å². The predicted molar refractivity (Wildman–Crippen MR) is 103 cm³/mol. The zero-order chi connectivity index (χ0) is 18.9. The van der Waals surface area contributed by atoms with Gasteiger partial charge in [0.15, 0.2) is 0 Å². The number of rotatable bonds is 4. The van der Waals surface area contributed by atoms with Crippen LogP contribution >= 0.6 is 15.9 Å². The van der Waals surface area contributed by atoms with E-state index in [1.54, 1.807) is 10.4 Å². The molecule has 0 radical (unpaired) electrons. The number of nitrogens with zero attached hydrogens (tertiary/aromatic N) is 5. The highest BCUT2D eigenvalue weighted by Gasteiger charge is 2.34. The summed E-state index contributed by atoms with van der Waals surface area (Å²) >= 11 is 3.38. The number of anilines is 1. The van der Waals surface area contributed by atoms with Crippen LogP contribution in [-0.4, -0.2) is 86.3 Å². The van der Waals surface area contributed by atoms with E-state index >= 15 is 0 Å². The topological polar surface area (TPSA) is 90.2 Å². The number of hydrogen-bond donors (Lipinski definition) is 0. The Morgan fingerprint density at radius 1 is 1.00 bits per heavy atom. The van der Waals surface area contributed by atoms with Crippen LogP contribution in [0.5, 0.6) is 0 Å². The molecule has 0 saturated carbocycles. The molecule has 144 valence electrons. The van der Waals surface area contributed by atoms with Crippen LogP contribution in [0, 0.1) is 10.1 Å². The van der Waals surface area contributed by atoms with Gasteiger partial charge in [-0.05, 0) is 29.0 Å². The molecule has 11 heteroatoms. The SMILES string of the molecule is CN1CCN(S(=O)(=O)N2CCN(c3ccc([N+](=O)[O-])cc3Br)CC2)CC1. The lowest BCUT2D eigenvalue weighted by atomic mass is 10.2. The molecule has 2 aliphatic rings. The highest BCUT2D eigenvalue weighted by Crippen LogP contribution is 2.31. The summed E-state index contributed by atoms with van der Waals surface area (Å²) in [7, 11) is -1.44. The Balaban J connectivity index is 1.65. The Bertz CT molecular complexity index is 774. The molecule has 0 unspecified atom stereocenters. The third-order valence-electron chi connectivity index (χ3n) is 4.84. The molecule has 0 aromatic heterocycles. The molecule has 0 amide bonds. The number of non-ortho nitro benzene ring substituents is 1. The smallest absolute Gasteiger partial charge is 0.282 e. The Hall–Kier alpha value is -1.27. The van der Waals surface area contributed by atoms with Crippen molar-refractivity contribution in [2.45, 2.75) is 0 Å². The third-order valence-corrected chi connectivity index (χ3v) is 7.51. The fraction of sp³-hybridized carbons (Fsp3) is 0.600. The van der Waals surface area contributed by atoms with Crippen molar-refractivity contribution >= 4 is 37.5 Å². The molecule has 26 heavy (non-hydrogen) atoms.